The Morgan fingerprint density at radius 1 is 0.889 bits per heavy atom. The molecule has 0 radical (unpaired) electrons. The Bertz CT molecular complexity index is 974. The summed E-state index contributed by atoms with van der Waals surface area (Å²) in [6.45, 7) is 0.797. The second-order valence-electron chi connectivity index (χ2n) is 6.15. The Kier molecular flexibility index (Phi) is 4.53. The zero-order valence-corrected chi connectivity index (χ0v) is 14.8. The van der Waals surface area contributed by atoms with E-state index >= 15 is 0 Å². The summed E-state index contributed by atoms with van der Waals surface area (Å²) in [5.74, 6) is 1.84. The number of hydrogen-bond acceptors (Lipinski definition) is 6. The standard InChI is InChI=1S/C21H19N3O3/c1-23-12-13-24(15-23)16-6-4-7-17(14-16)26-20-10-5-11-21(22-20)27-19-9-3-2-8-18(19)25/h2-14,25H,15H2,1H3. The van der Waals surface area contributed by atoms with E-state index in [9.17, 15) is 5.11 Å². The second-order valence-corrected chi connectivity index (χ2v) is 6.15. The van der Waals surface area contributed by atoms with Crippen LogP contribution in [0.3, 0.4) is 0 Å². The van der Waals surface area contributed by atoms with Gasteiger partial charge in [-0.25, -0.2) is 0 Å². The quantitative estimate of drug-likeness (QED) is 0.719. The highest BCUT2D eigenvalue weighted by Gasteiger charge is 2.12. The molecule has 3 aromatic rings. The minimum Gasteiger partial charge on any atom is -0.504 e. The normalized spacial score (nSPS) is 13.1. The highest BCUT2D eigenvalue weighted by molar-refractivity contribution is 5.54. The van der Waals surface area contributed by atoms with Crippen LogP contribution < -0.4 is 14.4 Å². The predicted molar refractivity (Wildman–Crippen MR) is 103 cm³/mol. The van der Waals surface area contributed by atoms with Gasteiger partial charge < -0.3 is 24.4 Å². The van der Waals surface area contributed by atoms with E-state index in [1.807, 2.05) is 43.7 Å². The van der Waals surface area contributed by atoms with Gasteiger partial charge in [0.15, 0.2) is 11.5 Å². The Morgan fingerprint density at radius 2 is 1.67 bits per heavy atom. The molecular formula is C21H19N3O3. The van der Waals surface area contributed by atoms with Gasteiger partial charge in [-0.1, -0.05) is 24.3 Å². The molecule has 4 rings (SSSR count). The first-order valence-electron chi connectivity index (χ1n) is 8.53. The van der Waals surface area contributed by atoms with Crippen molar-refractivity contribution in [3.63, 3.8) is 0 Å². The van der Waals surface area contributed by atoms with Gasteiger partial charge in [-0.05, 0) is 24.3 Å². The predicted octanol–water partition coefficient (Wildman–Crippen LogP) is 4.55. The number of rotatable bonds is 5. The van der Waals surface area contributed by atoms with Gasteiger partial charge in [-0.3, -0.25) is 0 Å². The van der Waals surface area contributed by atoms with Gasteiger partial charge in [0.2, 0.25) is 11.8 Å². The minimum absolute atomic E-state index is 0.0574. The van der Waals surface area contributed by atoms with Gasteiger partial charge in [0.25, 0.3) is 0 Å². The van der Waals surface area contributed by atoms with Crippen molar-refractivity contribution in [1.29, 1.82) is 0 Å². The molecule has 6 nitrogen and oxygen atoms in total. The molecule has 0 amide bonds. The number of phenolic OH excluding ortho intramolecular Hbond substituents is 1. The summed E-state index contributed by atoms with van der Waals surface area (Å²) in [7, 11) is 2.02. The van der Waals surface area contributed by atoms with Crippen LogP contribution in [0.25, 0.3) is 0 Å². The fraction of sp³-hybridized carbons (Fsp3) is 0.0952. The number of anilines is 1. The van der Waals surface area contributed by atoms with Gasteiger partial charge >= 0.3 is 0 Å². The van der Waals surface area contributed by atoms with E-state index in [0.717, 1.165) is 12.4 Å². The van der Waals surface area contributed by atoms with Crippen molar-refractivity contribution in [1.82, 2.24) is 9.88 Å². The minimum atomic E-state index is 0.0574. The number of ether oxygens (including phenoxy) is 2. The first-order valence-corrected chi connectivity index (χ1v) is 8.53. The van der Waals surface area contributed by atoms with Gasteiger partial charge in [0.05, 0.1) is 6.67 Å². The number of aromatic nitrogens is 1. The summed E-state index contributed by atoms with van der Waals surface area (Å²) < 4.78 is 11.5. The maximum atomic E-state index is 9.83. The molecule has 2 aromatic carbocycles. The molecule has 0 atom stereocenters. The van der Waals surface area contributed by atoms with Crippen molar-refractivity contribution in [3.05, 3.63) is 79.1 Å². The molecule has 1 aliphatic heterocycles. The molecule has 0 saturated carbocycles. The average Bonchev–Trinajstić information content (AvgIpc) is 3.11. The Balaban J connectivity index is 1.50. The number of para-hydroxylation sites is 2. The van der Waals surface area contributed by atoms with Gasteiger partial charge in [0.1, 0.15) is 5.75 Å². The zero-order chi connectivity index (χ0) is 18.6. The first-order chi connectivity index (χ1) is 13.2. The van der Waals surface area contributed by atoms with E-state index in [1.54, 1.807) is 42.5 Å². The first kappa shape index (κ1) is 16.8. The van der Waals surface area contributed by atoms with E-state index in [-0.39, 0.29) is 5.75 Å². The Labute approximate surface area is 157 Å². The van der Waals surface area contributed by atoms with E-state index < -0.39 is 0 Å². The lowest BCUT2D eigenvalue weighted by Gasteiger charge is -2.18. The Hall–Kier alpha value is -3.67. The third-order valence-electron chi connectivity index (χ3n) is 4.03. The van der Waals surface area contributed by atoms with Crippen LogP contribution in [0.15, 0.2) is 79.1 Å². The highest BCUT2D eigenvalue weighted by Crippen LogP contribution is 2.31. The summed E-state index contributed by atoms with van der Waals surface area (Å²) in [6.07, 6.45) is 4.05. The van der Waals surface area contributed by atoms with Crippen LogP contribution in [0.2, 0.25) is 0 Å². The van der Waals surface area contributed by atoms with Crippen molar-refractivity contribution < 1.29 is 14.6 Å². The highest BCUT2D eigenvalue weighted by atomic mass is 16.5. The van der Waals surface area contributed by atoms with E-state index in [1.165, 1.54) is 0 Å². The zero-order valence-electron chi connectivity index (χ0n) is 14.8. The van der Waals surface area contributed by atoms with E-state index in [4.69, 9.17) is 9.47 Å². The molecule has 2 heterocycles. The fourth-order valence-electron chi connectivity index (χ4n) is 2.71. The fourth-order valence-corrected chi connectivity index (χ4v) is 2.71. The molecule has 0 saturated heterocycles. The molecule has 1 aromatic heterocycles. The molecular weight excluding hydrogens is 342 g/mol. The van der Waals surface area contributed by atoms with Crippen LogP contribution in [0.4, 0.5) is 5.69 Å². The summed E-state index contributed by atoms with van der Waals surface area (Å²) in [6, 6.07) is 19.8. The topological polar surface area (TPSA) is 58.1 Å². The molecule has 6 heteroatoms. The van der Waals surface area contributed by atoms with Crippen LogP contribution in [0.1, 0.15) is 0 Å². The van der Waals surface area contributed by atoms with Crippen molar-refractivity contribution in [3.8, 4) is 29.0 Å². The van der Waals surface area contributed by atoms with Gasteiger partial charge in [-0.15, -0.1) is 0 Å². The van der Waals surface area contributed by atoms with Crippen molar-refractivity contribution >= 4 is 5.69 Å². The number of phenols is 1. The van der Waals surface area contributed by atoms with Gasteiger partial charge in [0, 0.05) is 43.3 Å². The number of pyridine rings is 1. The molecule has 136 valence electrons. The summed E-state index contributed by atoms with van der Waals surface area (Å²) >= 11 is 0. The molecule has 1 N–H and O–H groups in total. The number of aromatic hydroxyl groups is 1. The third-order valence-corrected chi connectivity index (χ3v) is 4.03. The summed E-state index contributed by atoms with van der Waals surface area (Å²) in [4.78, 5) is 8.57. The molecule has 0 fully saturated rings. The average molecular weight is 361 g/mol. The van der Waals surface area contributed by atoms with Crippen LogP contribution in [-0.2, 0) is 0 Å². The second kappa shape index (κ2) is 7.29. The van der Waals surface area contributed by atoms with Gasteiger partial charge in [-0.2, -0.15) is 4.98 Å². The summed E-state index contributed by atoms with van der Waals surface area (Å²) in [5, 5.41) is 9.83. The molecule has 0 spiro atoms. The van der Waals surface area contributed by atoms with E-state index in [0.29, 0.717) is 23.3 Å². The van der Waals surface area contributed by atoms with Crippen LogP contribution >= 0.6 is 0 Å². The lowest BCUT2D eigenvalue weighted by atomic mass is 10.3. The molecule has 0 unspecified atom stereocenters. The van der Waals surface area contributed by atoms with Crippen LogP contribution in [-0.4, -0.2) is 28.7 Å². The maximum Gasteiger partial charge on any atom is 0.222 e. The number of benzene rings is 2. The molecule has 0 aliphatic carbocycles. The molecule has 1 aliphatic rings. The lowest BCUT2D eigenvalue weighted by Crippen LogP contribution is -2.21. The lowest BCUT2D eigenvalue weighted by molar-refractivity contribution is 0.393. The molecule has 27 heavy (non-hydrogen) atoms. The SMILES string of the molecule is CN1C=CN(c2cccc(Oc3cccc(Oc4ccccc4O)n3)c2)C1. The number of nitrogens with zero attached hydrogens (tertiary/aromatic N) is 3. The van der Waals surface area contributed by atoms with E-state index in [2.05, 4.69) is 14.8 Å². The van der Waals surface area contributed by atoms with Crippen molar-refractivity contribution in [2.24, 2.45) is 0 Å². The largest absolute Gasteiger partial charge is 0.504 e. The van der Waals surface area contributed by atoms with Crippen LogP contribution in [0.5, 0.6) is 29.0 Å². The van der Waals surface area contributed by atoms with Crippen molar-refractivity contribution in [2.45, 2.75) is 0 Å². The Morgan fingerprint density at radius 3 is 2.44 bits per heavy atom. The third kappa shape index (κ3) is 3.95. The molecule has 0 bridgehead atoms. The maximum absolute atomic E-state index is 9.83. The van der Waals surface area contributed by atoms with Crippen molar-refractivity contribution in [2.75, 3.05) is 18.6 Å². The van der Waals surface area contributed by atoms with Crippen LogP contribution in [0, 0.1) is 0 Å². The number of hydrogen-bond donors (Lipinski definition) is 1. The smallest absolute Gasteiger partial charge is 0.222 e. The monoisotopic (exact) mass is 361 g/mol. The summed E-state index contributed by atoms with van der Waals surface area (Å²) in [5.41, 5.74) is 1.04.